The Morgan fingerprint density at radius 1 is 1.33 bits per heavy atom. The zero-order valence-electron chi connectivity index (χ0n) is 7.47. The van der Waals surface area contributed by atoms with Crippen LogP contribution in [0, 0.1) is 0 Å². The van der Waals surface area contributed by atoms with Crippen molar-refractivity contribution in [1.29, 1.82) is 0 Å². The minimum Gasteiger partial charge on any atom is -0.507 e. The third-order valence-corrected chi connectivity index (χ3v) is 1.79. The number of aromatic hydroxyl groups is 1. The zero-order valence-corrected chi connectivity index (χ0v) is 9.05. The first-order valence-electron chi connectivity index (χ1n) is 3.76. The highest BCUT2D eigenvalue weighted by molar-refractivity contribution is 9.10. The molecule has 0 saturated heterocycles. The summed E-state index contributed by atoms with van der Waals surface area (Å²) in [5.41, 5.74) is 0. The van der Waals surface area contributed by atoms with Gasteiger partial charge in [-0.15, -0.1) is 0 Å². The predicted octanol–water partition coefficient (Wildman–Crippen LogP) is 3.19. The van der Waals surface area contributed by atoms with Gasteiger partial charge in [-0.1, -0.05) is 13.8 Å². The molecule has 1 aromatic carbocycles. The third-order valence-electron chi connectivity index (χ3n) is 1.15. The van der Waals surface area contributed by atoms with Gasteiger partial charge in [0.15, 0.2) is 0 Å². The Morgan fingerprint density at radius 3 is 2.33 bits per heavy atom. The number of hydrogen-bond acceptors (Lipinski definition) is 2. The molecule has 1 rings (SSSR count). The molecule has 0 aliphatic heterocycles. The lowest BCUT2D eigenvalue weighted by molar-refractivity contribution is 0.411. The van der Waals surface area contributed by atoms with Crippen molar-refractivity contribution in [2.24, 2.45) is 0 Å². The Morgan fingerprint density at radius 2 is 1.92 bits per heavy atom. The molecule has 0 aliphatic carbocycles. The summed E-state index contributed by atoms with van der Waals surface area (Å²) in [5, 5.41) is 9.04. The summed E-state index contributed by atoms with van der Waals surface area (Å²) in [4.78, 5) is 0. The van der Waals surface area contributed by atoms with Crippen LogP contribution < -0.4 is 4.74 Å². The number of methoxy groups -OCH3 is 1. The van der Waals surface area contributed by atoms with Crippen molar-refractivity contribution in [1.82, 2.24) is 0 Å². The fraction of sp³-hybridized carbons (Fsp3) is 0.333. The van der Waals surface area contributed by atoms with Crippen LogP contribution in [0.1, 0.15) is 13.8 Å². The summed E-state index contributed by atoms with van der Waals surface area (Å²) in [6.07, 6.45) is 0. The Balaban J connectivity index is 0.000000561. The molecule has 0 bridgehead atoms. The molecule has 0 atom stereocenters. The van der Waals surface area contributed by atoms with Crippen LogP contribution in [0.5, 0.6) is 11.5 Å². The van der Waals surface area contributed by atoms with E-state index in [0.717, 1.165) is 5.75 Å². The molecular formula is C9H13BrO2. The van der Waals surface area contributed by atoms with Gasteiger partial charge in [0.2, 0.25) is 0 Å². The zero-order chi connectivity index (χ0) is 9.56. The first-order chi connectivity index (χ1) is 5.74. The standard InChI is InChI=1S/C7H7BrO2.C2H6/c1-10-5-2-3-7(9)6(8)4-5;1-2/h2-4,9H,1H3;1-2H3. The largest absolute Gasteiger partial charge is 0.507 e. The maximum Gasteiger partial charge on any atom is 0.130 e. The van der Waals surface area contributed by atoms with E-state index < -0.39 is 0 Å². The average molecular weight is 233 g/mol. The lowest BCUT2D eigenvalue weighted by Gasteiger charge is -2.00. The summed E-state index contributed by atoms with van der Waals surface area (Å²) < 4.78 is 5.55. The van der Waals surface area contributed by atoms with E-state index in [9.17, 15) is 0 Å². The van der Waals surface area contributed by atoms with Crippen molar-refractivity contribution in [2.75, 3.05) is 7.11 Å². The number of hydrogen-bond donors (Lipinski definition) is 1. The van der Waals surface area contributed by atoms with E-state index in [4.69, 9.17) is 9.84 Å². The van der Waals surface area contributed by atoms with Gasteiger partial charge in [0.05, 0.1) is 11.6 Å². The van der Waals surface area contributed by atoms with Crippen molar-refractivity contribution < 1.29 is 9.84 Å². The Bertz CT molecular complexity index is 236. The Kier molecular flexibility index (Phi) is 5.54. The minimum absolute atomic E-state index is 0.223. The van der Waals surface area contributed by atoms with Gasteiger partial charge in [-0.05, 0) is 34.1 Å². The van der Waals surface area contributed by atoms with Gasteiger partial charge >= 0.3 is 0 Å². The maximum absolute atomic E-state index is 9.04. The van der Waals surface area contributed by atoms with Gasteiger partial charge in [0, 0.05) is 0 Å². The number of ether oxygens (including phenoxy) is 1. The van der Waals surface area contributed by atoms with E-state index in [-0.39, 0.29) is 5.75 Å². The summed E-state index contributed by atoms with van der Waals surface area (Å²) in [6, 6.07) is 4.97. The van der Waals surface area contributed by atoms with Gasteiger partial charge in [-0.3, -0.25) is 0 Å². The number of halogens is 1. The predicted molar refractivity (Wildman–Crippen MR) is 53.7 cm³/mol. The lowest BCUT2D eigenvalue weighted by atomic mass is 10.3. The van der Waals surface area contributed by atoms with Crippen LogP contribution in [-0.4, -0.2) is 12.2 Å². The van der Waals surface area contributed by atoms with Gasteiger partial charge in [0.1, 0.15) is 11.5 Å². The summed E-state index contributed by atoms with van der Waals surface area (Å²) in [6.45, 7) is 4.00. The summed E-state index contributed by atoms with van der Waals surface area (Å²) in [5.74, 6) is 0.950. The van der Waals surface area contributed by atoms with Crippen LogP contribution in [-0.2, 0) is 0 Å². The quantitative estimate of drug-likeness (QED) is 0.807. The first kappa shape index (κ1) is 11.3. The highest BCUT2D eigenvalue weighted by Crippen LogP contribution is 2.27. The molecule has 68 valence electrons. The molecule has 0 saturated carbocycles. The molecule has 0 aliphatic rings. The molecule has 3 heteroatoms. The lowest BCUT2D eigenvalue weighted by Crippen LogP contribution is -1.80. The molecule has 0 spiro atoms. The van der Waals surface area contributed by atoms with Crippen molar-refractivity contribution in [2.45, 2.75) is 13.8 Å². The molecule has 2 nitrogen and oxygen atoms in total. The van der Waals surface area contributed by atoms with Gasteiger partial charge in [-0.2, -0.15) is 0 Å². The van der Waals surface area contributed by atoms with Crippen LogP contribution in [0.2, 0.25) is 0 Å². The van der Waals surface area contributed by atoms with E-state index in [1.165, 1.54) is 0 Å². The molecule has 0 radical (unpaired) electrons. The fourth-order valence-corrected chi connectivity index (χ4v) is 0.972. The molecule has 0 aromatic heterocycles. The van der Waals surface area contributed by atoms with Crippen molar-refractivity contribution in [3.63, 3.8) is 0 Å². The number of rotatable bonds is 1. The highest BCUT2D eigenvalue weighted by Gasteiger charge is 1.97. The first-order valence-corrected chi connectivity index (χ1v) is 4.56. The van der Waals surface area contributed by atoms with Gasteiger partial charge in [0.25, 0.3) is 0 Å². The second-order valence-electron chi connectivity index (χ2n) is 1.82. The monoisotopic (exact) mass is 232 g/mol. The second kappa shape index (κ2) is 5.89. The van der Waals surface area contributed by atoms with Crippen molar-refractivity contribution in [3.05, 3.63) is 22.7 Å². The van der Waals surface area contributed by atoms with E-state index >= 15 is 0 Å². The van der Waals surface area contributed by atoms with Crippen molar-refractivity contribution in [3.8, 4) is 11.5 Å². The van der Waals surface area contributed by atoms with Crippen LogP contribution in [0.25, 0.3) is 0 Å². The highest BCUT2D eigenvalue weighted by atomic mass is 79.9. The minimum atomic E-state index is 0.223. The summed E-state index contributed by atoms with van der Waals surface area (Å²) in [7, 11) is 1.58. The smallest absolute Gasteiger partial charge is 0.130 e. The van der Waals surface area contributed by atoms with E-state index in [1.807, 2.05) is 13.8 Å². The third kappa shape index (κ3) is 3.13. The molecule has 0 amide bonds. The van der Waals surface area contributed by atoms with Gasteiger partial charge < -0.3 is 9.84 Å². The SMILES string of the molecule is CC.COc1ccc(O)c(Br)c1. The van der Waals surface area contributed by atoms with E-state index in [1.54, 1.807) is 25.3 Å². The van der Waals surface area contributed by atoms with Crippen molar-refractivity contribution >= 4 is 15.9 Å². The van der Waals surface area contributed by atoms with Gasteiger partial charge in [-0.25, -0.2) is 0 Å². The summed E-state index contributed by atoms with van der Waals surface area (Å²) >= 11 is 3.16. The Labute approximate surface area is 81.3 Å². The fourth-order valence-electron chi connectivity index (χ4n) is 0.615. The number of phenolic OH excluding ortho intramolecular Hbond substituents is 1. The molecule has 12 heavy (non-hydrogen) atoms. The Hall–Kier alpha value is -0.700. The van der Waals surface area contributed by atoms with Crippen LogP contribution in [0.4, 0.5) is 0 Å². The molecule has 0 unspecified atom stereocenters. The van der Waals surface area contributed by atoms with Crippen LogP contribution >= 0.6 is 15.9 Å². The second-order valence-corrected chi connectivity index (χ2v) is 2.67. The van der Waals surface area contributed by atoms with E-state index in [0.29, 0.717) is 4.47 Å². The maximum atomic E-state index is 9.04. The van der Waals surface area contributed by atoms with Crippen LogP contribution in [0.15, 0.2) is 22.7 Å². The molecule has 0 heterocycles. The molecule has 1 N–H and O–H groups in total. The number of benzene rings is 1. The average Bonchev–Trinajstić information content (AvgIpc) is 2.13. The normalized spacial score (nSPS) is 8.33. The molecule has 0 fully saturated rings. The number of phenols is 1. The van der Waals surface area contributed by atoms with E-state index in [2.05, 4.69) is 15.9 Å². The van der Waals surface area contributed by atoms with Crippen LogP contribution in [0.3, 0.4) is 0 Å². The molecule has 1 aromatic rings. The topological polar surface area (TPSA) is 29.5 Å². The molecular weight excluding hydrogens is 220 g/mol.